The number of carbonyl (C=O) groups is 1. The van der Waals surface area contributed by atoms with Crippen molar-refractivity contribution in [2.75, 3.05) is 0 Å². The molecule has 0 saturated heterocycles. The Morgan fingerprint density at radius 3 is 2.43 bits per heavy atom. The molecule has 0 aromatic heterocycles. The van der Waals surface area contributed by atoms with Crippen molar-refractivity contribution in [3.8, 4) is 5.75 Å². The molecule has 0 heterocycles. The minimum absolute atomic E-state index is 0.0842. The number of aryl methyl sites for hydroxylation is 2. The molecule has 0 spiro atoms. The predicted molar refractivity (Wildman–Crippen MR) is 94.0 cm³/mol. The van der Waals surface area contributed by atoms with Crippen molar-refractivity contribution in [3.05, 3.63) is 64.2 Å². The van der Waals surface area contributed by atoms with Crippen molar-refractivity contribution in [1.29, 1.82) is 0 Å². The zero-order chi connectivity index (χ0) is 17.0. The zero-order valence-corrected chi connectivity index (χ0v) is 14.6. The van der Waals surface area contributed by atoms with Crippen LogP contribution in [0.5, 0.6) is 5.75 Å². The van der Waals surface area contributed by atoms with E-state index in [-0.39, 0.29) is 11.9 Å². The first kappa shape index (κ1) is 17.4. The Labute approximate surface area is 142 Å². The lowest BCUT2D eigenvalue weighted by Gasteiger charge is -2.20. The Balaban J connectivity index is 2.00. The second kappa shape index (κ2) is 7.51. The van der Waals surface area contributed by atoms with E-state index in [9.17, 15) is 4.79 Å². The smallest absolute Gasteiger partial charge is 0.261 e. The van der Waals surface area contributed by atoms with Crippen molar-refractivity contribution in [1.82, 2.24) is 5.32 Å². The fraction of sp³-hybridized carbons (Fsp3) is 0.316. The van der Waals surface area contributed by atoms with Crippen molar-refractivity contribution in [3.63, 3.8) is 0 Å². The van der Waals surface area contributed by atoms with Gasteiger partial charge in [-0.25, -0.2) is 0 Å². The average molecular weight is 332 g/mol. The van der Waals surface area contributed by atoms with Gasteiger partial charge in [0.25, 0.3) is 5.91 Å². The summed E-state index contributed by atoms with van der Waals surface area (Å²) in [4.78, 5) is 12.3. The van der Waals surface area contributed by atoms with Crippen LogP contribution in [0.3, 0.4) is 0 Å². The molecule has 4 heteroatoms. The van der Waals surface area contributed by atoms with Crippen molar-refractivity contribution in [2.24, 2.45) is 0 Å². The van der Waals surface area contributed by atoms with Gasteiger partial charge in [0.1, 0.15) is 5.75 Å². The first-order valence-corrected chi connectivity index (χ1v) is 8.05. The third-order valence-electron chi connectivity index (χ3n) is 3.90. The van der Waals surface area contributed by atoms with Gasteiger partial charge in [0.05, 0.1) is 11.1 Å². The number of hydrogen-bond donors (Lipinski definition) is 1. The van der Waals surface area contributed by atoms with E-state index in [0.717, 1.165) is 5.56 Å². The SMILES string of the molecule is Cc1ccc([C@@H](C)NC(=O)[C@@H](C)Oc2ccccc2Cl)cc1C. The van der Waals surface area contributed by atoms with Crippen LogP contribution in [0.25, 0.3) is 0 Å². The lowest BCUT2D eigenvalue weighted by Crippen LogP contribution is -2.37. The molecule has 3 nitrogen and oxygen atoms in total. The highest BCUT2D eigenvalue weighted by Gasteiger charge is 2.18. The molecule has 0 fully saturated rings. The molecule has 2 aromatic carbocycles. The summed E-state index contributed by atoms with van der Waals surface area (Å²) in [6, 6.07) is 13.2. The van der Waals surface area contributed by atoms with E-state index in [1.165, 1.54) is 11.1 Å². The fourth-order valence-corrected chi connectivity index (χ4v) is 2.41. The van der Waals surface area contributed by atoms with Gasteiger partial charge in [-0.05, 0) is 56.5 Å². The summed E-state index contributed by atoms with van der Waals surface area (Å²) < 4.78 is 5.64. The van der Waals surface area contributed by atoms with Crippen LogP contribution in [-0.4, -0.2) is 12.0 Å². The summed E-state index contributed by atoms with van der Waals surface area (Å²) >= 11 is 6.05. The number of nitrogens with one attached hydrogen (secondary N) is 1. The highest BCUT2D eigenvalue weighted by Crippen LogP contribution is 2.24. The van der Waals surface area contributed by atoms with E-state index >= 15 is 0 Å². The van der Waals surface area contributed by atoms with E-state index in [1.807, 2.05) is 25.1 Å². The third kappa shape index (κ3) is 4.49. The molecule has 0 radical (unpaired) electrons. The standard InChI is InChI=1S/C19H22ClNO2/c1-12-9-10-16(11-13(12)2)14(3)21-19(22)15(4)23-18-8-6-5-7-17(18)20/h5-11,14-15H,1-4H3,(H,21,22)/t14-,15-/m1/s1. The van der Waals surface area contributed by atoms with Gasteiger partial charge in [-0.15, -0.1) is 0 Å². The zero-order valence-electron chi connectivity index (χ0n) is 13.9. The Bertz CT molecular complexity index is 700. The number of rotatable bonds is 5. The average Bonchev–Trinajstić information content (AvgIpc) is 2.52. The quantitative estimate of drug-likeness (QED) is 0.869. The van der Waals surface area contributed by atoms with Crippen LogP contribution in [0, 0.1) is 13.8 Å². The van der Waals surface area contributed by atoms with Crippen LogP contribution >= 0.6 is 11.6 Å². The Morgan fingerprint density at radius 2 is 1.78 bits per heavy atom. The molecule has 2 atom stereocenters. The van der Waals surface area contributed by atoms with Gasteiger partial charge in [0.2, 0.25) is 0 Å². The molecule has 1 amide bonds. The number of hydrogen-bond acceptors (Lipinski definition) is 2. The number of ether oxygens (including phenoxy) is 1. The van der Waals surface area contributed by atoms with E-state index < -0.39 is 6.10 Å². The molecule has 2 rings (SSSR count). The van der Waals surface area contributed by atoms with Crippen LogP contribution < -0.4 is 10.1 Å². The van der Waals surface area contributed by atoms with Gasteiger partial charge >= 0.3 is 0 Å². The summed E-state index contributed by atoms with van der Waals surface area (Å²) in [5.74, 6) is 0.339. The van der Waals surface area contributed by atoms with E-state index in [1.54, 1.807) is 19.1 Å². The maximum absolute atomic E-state index is 12.3. The van der Waals surface area contributed by atoms with Crippen LogP contribution in [0.1, 0.15) is 36.6 Å². The van der Waals surface area contributed by atoms with Gasteiger partial charge in [0, 0.05) is 0 Å². The molecular formula is C19H22ClNO2. The second-order valence-electron chi connectivity index (χ2n) is 5.76. The van der Waals surface area contributed by atoms with Gasteiger partial charge in [0.15, 0.2) is 6.10 Å². The number of benzene rings is 2. The summed E-state index contributed by atoms with van der Waals surface area (Å²) in [7, 11) is 0. The molecule has 0 aliphatic carbocycles. The van der Waals surface area contributed by atoms with Crippen molar-refractivity contribution < 1.29 is 9.53 Å². The summed E-state index contributed by atoms with van der Waals surface area (Å²) in [5, 5.41) is 3.47. The fourth-order valence-electron chi connectivity index (χ4n) is 2.23. The van der Waals surface area contributed by atoms with Gasteiger partial charge < -0.3 is 10.1 Å². The van der Waals surface area contributed by atoms with E-state index in [0.29, 0.717) is 10.8 Å². The highest BCUT2D eigenvalue weighted by atomic mass is 35.5. The Kier molecular flexibility index (Phi) is 5.67. The molecular weight excluding hydrogens is 310 g/mol. The molecule has 0 saturated carbocycles. The predicted octanol–water partition coefficient (Wildman–Crippen LogP) is 4.60. The molecule has 23 heavy (non-hydrogen) atoms. The minimum atomic E-state index is -0.621. The normalized spacial score (nSPS) is 13.3. The maximum atomic E-state index is 12.3. The summed E-state index contributed by atoms with van der Waals surface area (Å²) in [6.45, 7) is 7.81. The van der Waals surface area contributed by atoms with E-state index in [2.05, 4.69) is 31.3 Å². The lowest BCUT2D eigenvalue weighted by atomic mass is 10.0. The molecule has 2 aromatic rings. The van der Waals surface area contributed by atoms with Crippen LogP contribution in [0.15, 0.2) is 42.5 Å². The van der Waals surface area contributed by atoms with Crippen LogP contribution in [0.4, 0.5) is 0 Å². The maximum Gasteiger partial charge on any atom is 0.261 e. The van der Waals surface area contributed by atoms with Crippen LogP contribution in [0.2, 0.25) is 5.02 Å². The van der Waals surface area contributed by atoms with E-state index in [4.69, 9.17) is 16.3 Å². The first-order valence-electron chi connectivity index (χ1n) is 7.67. The van der Waals surface area contributed by atoms with Crippen LogP contribution in [-0.2, 0) is 4.79 Å². The number of para-hydroxylation sites is 1. The molecule has 1 N–H and O–H groups in total. The molecule has 122 valence electrons. The third-order valence-corrected chi connectivity index (χ3v) is 4.21. The Morgan fingerprint density at radius 1 is 1.09 bits per heavy atom. The van der Waals surface area contributed by atoms with Crippen molar-refractivity contribution in [2.45, 2.75) is 39.8 Å². The number of carbonyl (C=O) groups excluding carboxylic acids is 1. The first-order chi connectivity index (χ1) is 10.9. The monoisotopic (exact) mass is 331 g/mol. The Hall–Kier alpha value is -2.00. The minimum Gasteiger partial charge on any atom is -0.479 e. The summed E-state index contributed by atoms with van der Waals surface area (Å²) in [5.41, 5.74) is 3.53. The molecule has 0 unspecified atom stereocenters. The van der Waals surface area contributed by atoms with Crippen molar-refractivity contribution >= 4 is 17.5 Å². The van der Waals surface area contributed by atoms with Gasteiger partial charge in [-0.1, -0.05) is 41.9 Å². The van der Waals surface area contributed by atoms with Gasteiger partial charge in [-0.2, -0.15) is 0 Å². The topological polar surface area (TPSA) is 38.3 Å². The number of amides is 1. The molecule has 0 bridgehead atoms. The number of halogens is 1. The van der Waals surface area contributed by atoms with Gasteiger partial charge in [-0.3, -0.25) is 4.79 Å². The molecule has 0 aliphatic rings. The largest absolute Gasteiger partial charge is 0.479 e. The summed E-state index contributed by atoms with van der Waals surface area (Å²) in [6.07, 6.45) is -0.621. The second-order valence-corrected chi connectivity index (χ2v) is 6.17. The highest BCUT2D eigenvalue weighted by molar-refractivity contribution is 6.32. The molecule has 0 aliphatic heterocycles. The lowest BCUT2D eigenvalue weighted by molar-refractivity contribution is -0.127.